The van der Waals surface area contributed by atoms with Gasteiger partial charge in [0.2, 0.25) is 0 Å². The molecule has 4 nitrogen and oxygen atoms in total. The highest BCUT2D eigenvalue weighted by molar-refractivity contribution is 9.10. The zero-order valence-corrected chi connectivity index (χ0v) is 13.4. The van der Waals surface area contributed by atoms with E-state index in [1.807, 2.05) is 11.4 Å². The number of halogens is 1. The maximum Gasteiger partial charge on any atom is 0.292 e. The molecule has 0 amide bonds. The van der Waals surface area contributed by atoms with Crippen LogP contribution in [0.4, 0.5) is 11.4 Å². The van der Waals surface area contributed by atoms with Crippen molar-refractivity contribution >= 4 is 38.6 Å². The van der Waals surface area contributed by atoms with E-state index >= 15 is 0 Å². The Hall–Kier alpha value is -1.40. The van der Waals surface area contributed by atoms with Crippen molar-refractivity contribution < 1.29 is 4.92 Å². The van der Waals surface area contributed by atoms with Gasteiger partial charge in [-0.25, -0.2) is 0 Å². The third kappa shape index (κ3) is 3.58. The second kappa shape index (κ2) is 6.85. The topological polar surface area (TPSA) is 55.2 Å². The average Bonchev–Trinajstić information content (AvgIpc) is 2.91. The minimum atomic E-state index is -0.355. The summed E-state index contributed by atoms with van der Waals surface area (Å²) in [6, 6.07) is 9.12. The molecule has 1 N–H and O–H groups in total. The summed E-state index contributed by atoms with van der Waals surface area (Å²) < 4.78 is 0.826. The van der Waals surface area contributed by atoms with Gasteiger partial charge in [0.25, 0.3) is 5.69 Å². The van der Waals surface area contributed by atoms with E-state index in [-0.39, 0.29) is 16.7 Å². The van der Waals surface area contributed by atoms with Gasteiger partial charge in [-0.3, -0.25) is 10.1 Å². The summed E-state index contributed by atoms with van der Waals surface area (Å²) in [6.07, 6.45) is 1.95. The van der Waals surface area contributed by atoms with Gasteiger partial charge in [0.05, 0.1) is 11.0 Å². The lowest BCUT2D eigenvalue weighted by Crippen LogP contribution is -2.10. The Morgan fingerprint density at radius 2 is 2.25 bits per heavy atom. The van der Waals surface area contributed by atoms with Gasteiger partial charge in [0.15, 0.2) is 0 Å². The van der Waals surface area contributed by atoms with E-state index in [1.165, 1.54) is 10.9 Å². The van der Waals surface area contributed by atoms with E-state index in [4.69, 9.17) is 0 Å². The van der Waals surface area contributed by atoms with Crippen LogP contribution in [0.15, 0.2) is 40.2 Å². The normalized spacial score (nSPS) is 12.1. The first-order chi connectivity index (χ1) is 9.61. The number of nitrogens with zero attached hydrogens (tertiary/aromatic N) is 1. The van der Waals surface area contributed by atoms with Gasteiger partial charge in [0.1, 0.15) is 5.69 Å². The molecular weight excluding hydrogens is 340 g/mol. The van der Waals surface area contributed by atoms with Crippen LogP contribution >= 0.6 is 27.3 Å². The minimum absolute atomic E-state index is 0.103. The number of rotatable bonds is 6. The van der Waals surface area contributed by atoms with Gasteiger partial charge in [-0.15, -0.1) is 11.3 Å². The lowest BCUT2D eigenvalue weighted by Gasteiger charge is -2.18. The number of nitro benzene ring substituents is 1. The van der Waals surface area contributed by atoms with Crippen LogP contribution in [0, 0.1) is 10.1 Å². The monoisotopic (exact) mass is 354 g/mol. The molecule has 0 bridgehead atoms. The molecule has 2 rings (SSSR count). The second-order valence-corrected chi connectivity index (χ2v) is 6.31. The van der Waals surface area contributed by atoms with Crippen molar-refractivity contribution in [2.75, 3.05) is 5.32 Å². The molecule has 0 radical (unpaired) electrons. The van der Waals surface area contributed by atoms with Crippen LogP contribution < -0.4 is 5.32 Å². The summed E-state index contributed by atoms with van der Waals surface area (Å²) in [7, 11) is 0. The van der Waals surface area contributed by atoms with Crippen molar-refractivity contribution in [3.63, 3.8) is 0 Å². The first-order valence-electron chi connectivity index (χ1n) is 6.35. The SMILES string of the molecule is CCCC(Nc1cc(Br)ccc1[N+](=O)[O-])c1cccs1. The lowest BCUT2D eigenvalue weighted by molar-refractivity contribution is -0.384. The van der Waals surface area contributed by atoms with E-state index < -0.39 is 0 Å². The molecule has 1 atom stereocenters. The van der Waals surface area contributed by atoms with Crippen molar-refractivity contribution in [3.05, 3.63) is 55.2 Å². The molecule has 0 spiro atoms. The van der Waals surface area contributed by atoms with Crippen LogP contribution in [-0.2, 0) is 0 Å². The average molecular weight is 355 g/mol. The molecule has 6 heteroatoms. The molecule has 106 valence electrons. The highest BCUT2D eigenvalue weighted by atomic mass is 79.9. The third-order valence-corrected chi connectivity index (χ3v) is 4.43. The number of anilines is 1. The molecule has 1 unspecified atom stereocenters. The fourth-order valence-corrected chi connectivity index (χ4v) is 3.21. The largest absolute Gasteiger partial charge is 0.372 e. The maximum absolute atomic E-state index is 11.1. The van der Waals surface area contributed by atoms with Crippen molar-refractivity contribution in [1.82, 2.24) is 0 Å². The summed E-state index contributed by atoms with van der Waals surface area (Å²) in [5.41, 5.74) is 0.655. The van der Waals surface area contributed by atoms with Crippen molar-refractivity contribution in [2.45, 2.75) is 25.8 Å². The van der Waals surface area contributed by atoms with Crippen LogP contribution in [0.25, 0.3) is 0 Å². The number of hydrogen-bond acceptors (Lipinski definition) is 4. The molecule has 0 aliphatic rings. The van der Waals surface area contributed by atoms with Crippen LogP contribution in [-0.4, -0.2) is 4.92 Å². The Labute approximate surface area is 130 Å². The Morgan fingerprint density at radius 1 is 1.45 bits per heavy atom. The molecule has 1 heterocycles. The highest BCUT2D eigenvalue weighted by Crippen LogP contribution is 2.33. The Kier molecular flexibility index (Phi) is 5.14. The summed E-state index contributed by atoms with van der Waals surface area (Å²) >= 11 is 5.03. The molecular formula is C14H15BrN2O2S. The van der Waals surface area contributed by atoms with Crippen LogP contribution in [0.3, 0.4) is 0 Å². The van der Waals surface area contributed by atoms with Gasteiger partial charge < -0.3 is 5.32 Å². The predicted octanol–water partition coefficient (Wildman–Crippen LogP) is 5.37. The lowest BCUT2D eigenvalue weighted by atomic mass is 10.1. The van der Waals surface area contributed by atoms with Gasteiger partial charge in [-0.1, -0.05) is 35.3 Å². The smallest absolute Gasteiger partial charge is 0.292 e. The fraction of sp³-hybridized carbons (Fsp3) is 0.286. The van der Waals surface area contributed by atoms with Crippen LogP contribution in [0.2, 0.25) is 0 Å². The van der Waals surface area contributed by atoms with Crippen molar-refractivity contribution in [2.24, 2.45) is 0 Å². The number of benzene rings is 1. The van der Waals surface area contributed by atoms with E-state index in [0.29, 0.717) is 5.69 Å². The van der Waals surface area contributed by atoms with Crippen molar-refractivity contribution in [1.29, 1.82) is 0 Å². The summed E-state index contributed by atoms with van der Waals surface area (Å²) in [5, 5.41) is 16.4. The highest BCUT2D eigenvalue weighted by Gasteiger charge is 2.18. The van der Waals surface area contributed by atoms with Crippen LogP contribution in [0.1, 0.15) is 30.7 Å². The first-order valence-corrected chi connectivity index (χ1v) is 8.03. The minimum Gasteiger partial charge on any atom is -0.372 e. The molecule has 20 heavy (non-hydrogen) atoms. The Morgan fingerprint density at radius 3 is 2.85 bits per heavy atom. The van der Waals surface area contributed by atoms with Crippen molar-refractivity contribution in [3.8, 4) is 0 Å². The number of thiophene rings is 1. The Balaban J connectivity index is 2.30. The van der Waals surface area contributed by atoms with E-state index in [1.54, 1.807) is 23.5 Å². The number of nitro groups is 1. The van der Waals surface area contributed by atoms with Gasteiger partial charge in [-0.05, 0) is 30.0 Å². The molecule has 0 saturated carbocycles. The predicted molar refractivity (Wildman–Crippen MR) is 86.4 cm³/mol. The summed E-state index contributed by atoms with van der Waals surface area (Å²) in [6.45, 7) is 2.11. The standard InChI is InChI=1S/C14H15BrN2O2S/c1-2-4-11(14-5-3-8-20-14)16-12-9-10(15)6-7-13(12)17(18)19/h3,5-9,11,16H,2,4H2,1H3. The number of nitrogens with one attached hydrogen (secondary N) is 1. The maximum atomic E-state index is 11.1. The number of hydrogen-bond donors (Lipinski definition) is 1. The van der Waals surface area contributed by atoms with E-state index in [9.17, 15) is 10.1 Å². The summed E-state index contributed by atoms with van der Waals surface area (Å²) in [5.74, 6) is 0. The van der Waals surface area contributed by atoms with Gasteiger partial charge in [0, 0.05) is 15.4 Å². The second-order valence-electron chi connectivity index (χ2n) is 4.42. The zero-order valence-electron chi connectivity index (χ0n) is 11.0. The molecule has 1 aromatic heterocycles. The van der Waals surface area contributed by atoms with Gasteiger partial charge in [-0.2, -0.15) is 0 Å². The van der Waals surface area contributed by atoms with Crippen LogP contribution in [0.5, 0.6) is 0 Å². The molecule has 0 fully saturated rings. The Bertz CT molecular complexity index is 587. The van der Waals surface area contributed by atoms with Gasteiger partial charge >= 0.3 is 0 Å². The van der Waals surface area contributed by atoms with E-state index in [0.717, 1.165) is 17.3 Å². The zero-order chi connectivity index (χ0) is 14.5. The fourth-order valence-electron chi connectivity index (χ4n) is 2.03. The molecule has 0 saturated heterocycles. The molecule has 0 aliphatic heterocycles. The quantitative estimate of drug-likeness (QED) is 0.560. The molecule has 2 aromatic rings. The summed E-state index contributed by atoms with van der Waals surface area (Å²) in [4.78, 5) is 12.0. The van der Waals surface area contributed by atoms with E-state index in [2.05, 4.69) is 34.2 Å². The first kappa shape index (κ1) is 15.0. The molecule has 0 aliphatic carbocycles. The third-order valence-electron chi connectivity index (χ3n) is 2.95. The molecule has 1 aromatic carbocycles.